The summed E-state index contributed by atoms with van der Waals surface area (Å²) in [6.45, 7) is 3.55. The minimum atomic E-state index is -4.41. The van der Waals surface area contributed by atoms with Gasteiger partial charge in [0.2, 0.25) is 0 Å². The van der Waals surface area contributed by atoms with Gasteiger partial charge in [-0.25, -0.2) is 4.57 Å². The number of hydrogen-bond donors (Lipinski definition) is 2. The third kappa shape index (κ3) is 86.2. The fourth-order valence-corrected chi connectivity index (χ4v) is 12.7. The lowest BCUT2D eigenvalue weighted by Gasteiger charge is -2.19. The van der Waals surface area contributed by atoms with E-state index in [4.69, 9.17) is 24.3 Å². The average molecular weight is 1450 g/mol. The fourth-order valence-electron chi connectivity index (χ4n) is 11.9. The largest absolute Gasteiger partial charge is 0.472 e. The van der Waals surface area contributed by atoms with Crippen LogP contribution in [0.5, 0.6) is 0 Å². The van der Waals surface area contributed by atoms with Gasteiger partial charge in [0.25, 0.3) is 0 Å². The van der Waals surface area contributed by atoms with E-state index in [0.29, 0.717) is 6.42 Å². The van der Waals surface area contributed by atoms with Crippen LogP contribution in [0.3, 0.4) is 0 Å². The smallest absolute Gasteiger partial charge is 0.462 e. The molecule has 0 saturated heterocycles. The third-order valence-corrected chi connectivity index (χ3v) is 19.1. The van der Waals surface area contributed by atoms with Crippen LogP contribution >= 0.6 is 7.82 Å². The number of carbonyl (C=O) groups is 2. The molecule has 9 nitrogen and oxygen atoms in total. The number of unbranched alkanes of at least 4 members (excludes halogenated alkanes) is 38. The molecule has 588 valence electrons. The summed E-state index contributed by atoms with van der Waals surface area (Å²) in [6.07, 6.45) is 128. The lowest BCUT2D eigenvalue weighted by atomic mass is 10.0. The zero-order chi connectivity index (χ0) is 74.3. The average Bonchev–Trinajstić information content (AvgIpc) is 0.970. The molecule has 3 N–H and O–H groups in total. The van der Waals surface area contributed by atoms with E-state index in [-0.39, 0.29) is 38.6 Å². The highest BCUT2D eigenvalue weighted by Gasteiger charge is 2.26. The molecule has 0 spiro atoms. The summed E-state index contributed by atoms with van der Waals surface area (Å²) in [5.74, 6) is -0.817. The van der Waals surface area contributed by atoms with Crippen LogP contribution in [0, 0.1) is 0 Å². The predicted octanol–water partition coefficient (Wildman–Crippen LogP) is 29.2. The number of ether oxygens (including phenoxy) is 2. The van der Waals surface area contributed by atoms with E-state index < -0.39 is 26.5 Å². The van der Waals surface area contributed by atoms with Crippen molar-refractivity contribution in [3.8, 4) is 0 Å². The highest BCUT2D eigenvalue weighted by molar-refractivity contribution is 7.47. The molecule has 0 bridgehead atoms. The van der Waals surface area contributed by atoms with E-state index in [2.05, 4.69) is 184 Å². The quantitative estimate of drug-likeness (QED) is 0.0264. The first kappa shape index (κ1) is 98.4. The second-order valence-electron chi connectivity index (χ2n) is 27.9. The molecule has 0 radical (unpaired) electrons. The first-order valence-electron chi connectivity index (χ1n) is 42.6. The number of esters is 2. The highest BCUT2D eigenvalue weighted by Crippen LogP contribution is 2.43. The lowest BCUT2D eigenvalue weighted by Crippen LogP contribution is -2.29. The van der Waals surface area contributed by atoms with Gasteiger partial charge in [-0.15, -0.1) is 0 Å². The summed E-state index contributed by atoms with van der Waals surface area (Å²) >= 11 is 0. The van der Waals surface area contributed by atoms with Crippen LogP contribution in [0.1, 0.15) is 373 Å². The maximum absolute atomic E-state index is 12.8. The molecular formula is C93H158NO8P. The number of carbonyl (C=O) groups excluding carboxylic acids is 2. The van der Waals surface area contributed by atoms with Crippen LogP contribution < -0.4 is 5.73 Å². The summed E-state index contributed by atoms with van der Waals surface area (Å²) in [5.41, 5.74) is 5.42. The molecule has 0 rings (SSSR count). The van der Waals surface area contributed by atoms with E-state index in [1.165, 1.54) is 212 Å². The van der Waals surface area contributed by atoms with Crippen LogP contribution in [0.15, 0.2) is 170 Å². The Morgan fingerprint density at radius 1 is 0.291 bits per heavy atom. The van der Waals surface area contributed by atoms with Gasteiger partial charge >= 0.3 is 19.8 Å². The molecule has 0 aromatic carbocycles. The molecule has 10 heteroatoms. The van der Waals surface area contributed by atoms with Crippen molar-refractivity contribution in [3.05, 3.63) is 170 Å². The van der Waals surface area contributed by atoms with Crippen molar-refractivity contribution in [2.75, 3.05) is 26.4 Å². The predicted molar refractivity (Wildman–Crippen MR) is 449 cm³/mol. The van der Waals surface area contributed by atoms with Gasteiger partial charge < -0.3 is 20.1 Å². The monoisotopic (exact) mass is 1450 g/mol. The van der Waals surface area contributed by atoms with Gasteiger partial charge in [0.05, 0.1) is 13.2 Å². The van der Waals surface area contributed by atoms with Gasteiger partial charge in [-0.3, -0.25) is 18.6 Å². The third-order valence-electron chi connectivity index (χ3n) is 18.1. The van der Waals surface area contributed by atoms with Crippen molar-refractivity contribution in [3.63, 3.8) is 0 Å². The minimum Gasteiger partial charge on any atom is -0.462 e. The number of hydrogen-bond acceptors (Lipinski definition) is 8. The van der Waals surface area contributed by atoms with Crippen molar-refractivity contribution in [2.24, 2.45) is 5.73 Å². The molecule has 0 heterocycles. The molecule has 103 heavy (non-hydrogen) atoms. The van der Waals surface area contributed by atoms with Crippen LogP contribution in [0.4, 0.5) is 0 Å². The molecule has 0 aromatic heterocycles. The Morgan fingerprint density at radius 2 is 0.505 bits per heavy atom. The molecule has 0 saturated carbocycles. The van der Waals surface area contributed by atoms with E-state index in [1.807, 2.05) is 0 Å². The Bertz CT molecular complexity index is 2310. The molecule has 2 atom stereocenters. The lowest BCUT2D eigenvalue weighted by molar-refractivity contribution is -0.161. The van der Waals surface area contributed by atoms with E-state index in [1.54, 1.807) is 0 Å². The van der Waals surface area contributed by atoms with Crippen molar-refractivity contribution >= 4 is 19.8 Å². The summed E-state index contributed by atoms with van der Waals surface area (Å²) < 4.78 is 33.3. The Kier molecular flexibility index (Phi) is 82.4. The van der Waals surface area contributed by atoms with Gasteiger partial charge in [-0.2, -0.15) is 0 Å². The standard InChI is InChI=1S/C93H158NO8P/c1-3-5-7-9-11-13-15-17-19-21-23-25-27-29-31-33-35-37-39-41-43-45-47-49-51-53-55-57-59-61-63-65-67-69-71-73-75-77-79-81-83-85-92(95)99-89-91(90-101-103(97,98)100-88-87-94)102-93(96)86-84-82-80-78-76-74-72-70-68-66-64-62-60-58-56-54-52-50-48-46-44-42-40-38-36-34-32-30-28-26-24-22-20-18-16-14-12-10-8-6-4-2/h5-8,11-14,17-20,23-26,29-32,35-38,42,44,48,50,91H,3-4,9-10,15-16,21-22,27-28,33-34,39-41,43,45-47,49,51-90,94H2,1-2H3,(H,97,98)/b7-5-,8-6-,13-11-,14-12-,19-17-,20-18-,25-23-,26-24-,31-29-,32-30-,37-35-,38-36-,44-42-,50-48-. The van der Waals surface area contributed by atoms with Gasteiger partial charge in [0, 0.05) is 19.4 Å². The first-order valence-corrected chi connectivity index (χ1v) is 44.1. The SMILES string of the molecule is CC/C=C\C/C=C\C/C=C\C/C=C\C/C=C\C/C=C\C/C=C\C/C=C\CCCCCCCCCCCCCCCCCCC(=O)OC(COC(=O)CCCCCCCCCCCCCCCCCCCCCCCC/C=C\C/C=C\C/C=C\C/C=C\C/C=C\C/C=C\CC)COP(=O)(O)OCCN. The van der Waals surface area contributed by atoms with Crippen molar-refractivity contribution in [1.29, 1.82) is 0 Å². The van der Waals surface area contributed by atoms with E-state index >= 15 is 0 Å². The van der Waals surface area contributed by atoms with Crippen molar-refractivity contribution in [2.45, 2.75) is 380 Å². The topological polar surface area (TPSA) is 134 Å². The number of phosphoric ester groups is 1. The summed E-state index contributed by atoms with van der Waals surface area (Å²) in [7, 11) is -4.41. The van der Waals surface area contributed by atoms with Crippen molar-refractivity contribution in [1.82, 2.24) is 0 Å². The molecule has 0 amide bonds. The number of allylic oxidation sites excluding steroid dienone is 28. The summed E-state index contributed by atoms with van der Waals surface area (Å²) in [5, 5.41) is 0. The number of nitrogens with two attached hydrogens (primary N) is 1. The molecule has 0 fully saturated rings. The van der Waals surface area contributed by atoms with Crippen LogP contribution in [0.25, 0.3) is 0 Å². The van der Waals surface area contributed by atoms with Gasteiger partial charge in [-0.05, 0) is 128 Å². The minimum absolute atomic E-state index is 0.0499. The first-order chi connectivity index (χ1) is 50.8. The zero-order valence-electron chi connectivity index (χ0n) is 66.5. The van der Waals surface area contributed by atoms with Crippen LogP contribution in [-0.2, 0) is 32.7 Å². The van der Waals surface area contributed by atoms with Crippen molar-refractivity contribution < 1.29 is 37.6 Å². The molecular weight excluding hydrogens is 1290 g/mol. The molecule has 0 aliphatic heterocycles. The number of rotatable bonds is 79. The highest BCUT2D eigenvalue weighted by atomic mass is 31.2. The van der Waals surface area contributed by atoms with Gasteiger partial charge in [0.1, 0.15) is 6.61 Å². The van der Waals surface area contributed by atoms with E-state index in [9.17, 15) is 19.0 Å². The Morgan fingerprint density at radius 3 is 0.748 bits per heavy atom. The Labute approximate surface area is 635 Å². The molecule has 0 aromatic rings. The summed E-state index contributed by atoms with van der Waals surface area (Å²) in [4.78, 5) is 35.5. The Balaban J connectivity index is 3.80. The Hall–Kier alpha value is -4.63. The maximum atomic E-state index is 12.8. The second-order valence-corrected chi connectivity index (χ2v) is 29.4. The van der Waals surface area contributed by atoms with Crippen LogP contribution in [0.2, 0.25) is 0 Å². The van der Waals surface area contributed by atoms with E-state index in [0.717, 1.165) is 128 Å². The normalized spacial score (nSPS) is 13.7. The summed E-state index contributed by atoms with van der Waals surface area (Å²) in [6, 6.07) is 0. The van der Waals surface area contributed by atoms with Crippen LogP contribution in [-0.4, -0.2) is 49.3 Å². The fraction of sp³-hybridized carbons (Fsp3) is 0.677. The zero-order valence-corrected chi connectivity index (χ0v) is 67.4. The number of phosphoric acid groups is 1. The molecule has 2 unspecified atom stereocenters. The van der Waals surface area contributed by atoms with Gasteiger partial charge in [0.15, 0.2) is 6.10 Å². The maximum Gasteiger partial charge on any atom is 0.472 e. The molecule has 0 aliphatic rings. The molecule has 0 aliphatic carbocycles. The van der Waals surface area contributed by atoms with Gasteiger partial charge in [-0.1, -0.05) is 402 Å². The second kappa shape index (κ2) is 86.3.